The van der Waals surface area contributed by atoms with Crippen LogP contribution in [0.4, 0.5) is 13.2 Å². The minimum atomic E-state index is -4.50. The van der Waals surface area contributed by atoms with E-state index in [9.17, 15) is 32.8 Å². The van der Waals surface area contributed by atoms with Crippen LogP contribution in [0.1, 0.15) is 106 Å². The van der Waals surface area contributed by atoms with Gasteiger partial charge in [0, 0.05) is 17.8 Å². The van der Waals surface area contributed by atoms with E-state index in [0.29, 0.717) is 38.5 Å². The van der Waals surface area contributed by atoms with Crippen molar-refractivity contribution >= 4 is 17.5 Å². The molecule has 228 valence electrons. The number of alkyl halides is 3. The van der Waals surface area contributed by atoms with Crippen molar-refractivity contribution in [3.8, 4) is 6.07 Å². The minimum absolute atomic E-state index is 0.00567. The number of halogens is 3. The highest BCUT2D eigenvalue weighted by Crippen LogP contribution is 2.76. The van der Waals surface area contributed by atoms with Crippen molar-refractivity contribution in [3.05, 3.63) is 0 Å². The number of Topliss-reactive ketones (excluding diaryl/α,β-unsaturated/α-hetero) is 2. The van der Waals surface area contributed by atoms with Gasteiger partial charge in [-0.05, 0) is 90.8 Å². The zero-order chi connectivity index (χ0) is 30.6. The monoisotopic (exact) mass is 576 g/mol. The lowest BCUT2D eigenvalue weighted by molar-refractivity contribution is -0.235. The zero-order valence-corrected chi connectivity index (χ0v) is 25.8. The summed E-state index contributed by atoms with van der Waals surface area (Å²) >= 11 is 0. The van der Waals surface area contributed by atoms with Crippen molar-refractivity contribution in [2.75, 3.05) is 6.54 Å². The smallest absolute Gasteiger partial charge is 0.346 e. The Labute approximate surface area is 242 Å². The van der Waals surface area contributed by atoms with Crippen molar-refractivity contribution in [2.24, 2.45) is 62.1 Å². The molecule has 5 aliphatic rings. The second-order valence-electron chi connectivity index (χ2n) is 16.5. The Morgan fingerprint density at radius 3 is 2.17 bits per heavy atom. The maximum Gasteiger partial charge on any atom is 0.405 e. The van der Waals surface area contributed by atoms with Crippen molar-refractivity contribution in [3.63, 3.8) is 0 Å². The molecule has 0 aliphatic heterocycles. The number of nitrogens with zero attached hydrogens (tertiary/aromatic N) is 1. The third kappa shape index (κ3) is 4.17. The number of carbonyl (C=O) groups excluding carboxylic acids is 3. The van der Waals surface area contributed by atoms with E-state index in [4.69, 9.17) is 0 Å². The topological polar surface area (TPSA) is 87.0 Å². The molecule has 9 atom stereocenters. The molecule has 41 heavy (non-hydrogen) atoms. The largest absolute Gasteiger partial charge is 0.405 e. The molecule has 0 aromatic rings. The van der Waals surface area contributed by atoms with Crippen LogP contribution in [0.2, 0.25) is 0 Å². The number of fused-ring (bicyclic) bond motifs is 7. The van der Waals surface area contributed by atoms with Gasteiger partial charge in [-0.2, -0.15) is 18.4 Å². The van der Waals surface area contributed by atoms with Gasteiger partial charge >= 0.3 is 6.18 Å². The third-order valence-corrected chi connectivity index (χ3v) is 13.8. The Kier molecular flexibility index (Phi) is 6.74. The molecule has 5 fully saturated rings. The highest BCUT2D eigenvalue weighted by Gasteiger charge is 2.73. The Bertz CT molecular complexity index is 1200. The summed E-state index contributed by atoms with van der Waals surface area (Å²) in [6.45, 7) is 13.6. The summed E-state index contributed by atoms with van der Waals surface area (Å²) in [6.07, 6.45) is 0.950. The maximum absolute atomic E-state index is 14.5. The minimum Gasteiger partial charge on any atom is -0.346 e. The summed E-state index contributed by atoms with van der Waals surface area (Å²) in [7, 11) is 0. The fourth-order valence-electron chi connectivity index (χ4n) is 11.6. The number of rotatable bonds is 2. The highest BCUT2D eigenvalue weighted by molar-refractivity contribution is 5.91. The van der Waals surface area contributed by atoms with E-state index in [-0.39, 0.29) is 45.6 Å². The van der Waals surface area contributed by atoms with E-state index >= 15 is 0 Å². The average Bonchev–Trinajstić information content (AvgIpc) is 2.85. The molecule has 5 nitrogen and oxygen atoms in total. The van der Waals surface area contributed by atoms with Gasteiger partial charge in [0.15, 0.2) is 5.78 Å². The summed E-state index contributed by atoms with van der Waals surface area (Å²) in [4.78, 5) is 41.5. The molecule has 1 N–H and O–H groups in total. The van der Waals surface area contributed by atoms with Crippen LogP contribution in [0.15, 0.2) is 0 Å². The molecular formula is C33H47F3N2O3. The van der Waals surface area contributed by atoms with Crippen LogP contribution in [0.3, 0.4) is 0 Å². The molecule has 0 aromatic carbocycles. The predicted octanol–water partition coefficient (Wildman–Crippen LogP) is 7.04. The van der Waals surface area contributed by atoms with Gasteiger partial charge in [0.1, 0.15) is 18.2 Å². The van der Waals surface area contributed by atoms with E-state index in [2.05, 4.69) is 46.0 Å². The van der Waals surface area contributed by atoms with Crippen LogP contribution in [0, 0.1) is 73.4 Å². The van der Waals surface area contributed by atoms with Gasteiger partial charge in [0.2, 0.25) is 5.91 Å². The van der Waals surface area contributed by atoms with Crippen LogP contribution >= 0.6 is 0 Å². The van der Waals surface area contributed by atoms with Gasteiger partial charge in [0.25, 0.3) is 0 Å². The lowest BCUT2D eigenvalue weighted by Gasteiger charge is -2.72. The molecular weight excluding hydrogens is 529 g/mol. The molecule has 0 spiro atoms. The summed E-state index contributed by atoms with van der Waals surface area (Å²) in [5.74, 6) is -1.76. The van der Waals surface area contributed by atoms with E-state index in [1.54, 1.807) is 0 Å². The summed E-state index contributed by atoms with van der Waals surface area (Å²) in [5, 5.41) is 12.2. The molecule has 5 rings (SSSR count). The van der Waals surface area contributed by atoms with Crippen molar-refractivity contribution in [1.82, 2.24) is 5.32 Å². The number of nitrogens with one attached hydrogen (secondary N) is 1. The van der Waals surface area contributed by atoms with E-state index < -0.39 is 46.7 Å². The van der Waals surface area contributed by atoms with Gasteiger partial charge in [-0.3, -0.25) is 14.4 Å². The van der Waals surface area contributed by atoms with Gasteiger partial charge < -0.3 is 5.32 Å². The first kappa shape index (κ1) is 30.5. The van der Waals surface area contributed by atoms with Crippen LogP contribution < -0.4 is 5.32 Å². The fourth-order valence-corrected chi connectivity index (χ4v) is 11.6. The molecule has 0 heterocycles. The van der Waals surface area contributed by atoms with Gasteiger partial charge in [-0.25, -0.2) is 0 Å². The Balaban J connectivity index is 1.57. The normalized spacial score (nSPS) is 46.7. The Morgan fingerprint density at radius 1 is 0.927 bits per heavy atom. The highest BCUT2D eigenvalue weighted by atomic mass is 19.4. The van der Waals surface area contributed by atoms with E-state index in [1.807, 2.05) is 13.8 Å². The van der Waals surface area contributed by atoms with Crippen LogP contribution in [0.5, 0.6) is 0 Å². The lowest BCUT2D eigenvalue weighted by Crippen LogP contribution is -2.70. The quantitative estimate of drug-likeness (QED) is 0.382. The number of hydrogen-bond donors (Lipinski definition) is 1. The van der Waals surface area contributed by atoms with Crippen LogP contribution in [0.25, 0.3) is 0 Å². The van der Waals surface area contributed by atoms with Gasteiger partial charge in [-0.1, -0.05) is 48.5 Å². The molecule has 0 radical (unpaired) electrons. The standard InChI is InChI=1S/C33H47F3N2O3/c1-27(2)10-12-32(26(41)38-18-33(34,35)36)13-11-31(7)24(20(32)16-27)21(39)14-23-29(5)15-19(17-37)25(40)28(3,4)22(29)8-9-30(23,31)6/h19-20,22-24H,8-16,18H2,1-7H3,(H,38,41)/t19?,20-,22+,23-,24+,29+,30-,31-,32+/m1/s1. The van der Waals surface area contributed by atoms with E-state index in [1.165, 1.54) is 0 Å². The molecule has 8 heteroatoms. The second kappa shape index (κ2) is 9.05. The summed E-state index contributed by atoms with van der Waals surface area (Å²) < 4.78 is 39.4. The number of hydrogen-bond acceptors (Lipinski definition) is 4. The average molecular weight is 577 g/mol. The first-order chi connectivity index (χ1) is 18.7. The molecule has 0 bridgehead atoms. The number of carbonyl (C=O) groups is 3. The zero-order valence-electron chi connectivity index (χ0n) is 25.8. The number of amides is 1. The SMILES string of the molecule is CC1(C)CC[C@]2(C(=O)NCC(F)(F)F)CC[C@]3(C)[C@H](C(=O)C[C@@H]4[C@@]5(C)CC(C#N)C(=O)C(C)(C)[C@@H]5CC[C@]43C)[C@H]2C1. The lowest BCUT2D eigenvalue weighted by atomic mass is 9.31. The molecule has 0 saturated heterocycles. The molecule has 0 aromatic heterocycles. The molecule has 1 unspecified atom stereocenters. The number of ketones is 2. The van der Waals surface area contributed by atoms with Crippen molar-refractivity contribution in [1.29, 1.82) is 5.26 Å². The fraction of sp³-hybridized carbons (Fsp3) is 0.879. The first-order valence-electron chi connectivity index (χ1n) is 15.5. The summed E-state index contributed by atoms with van der Waals surface area (Å²) in [5.41, 5.74) is -2.80. The maximum atomic E-state index is 14.5. The van der Waals surface area contributed by atoms with Gasteiger partial charge in [-0.15, -0.1) is 0 Å². The molecule has 5 aliphatic carbocycles. The van der Waals surface area contributed by atoms with Crippen LogP contribution in [-0.4, -0.2) is 30.2 Å². The third-order valence-electron chi connectivity index (χ3n) is 13.8. The van der Waals surface area contributed by atoms with Gasteiger partial charge in [0.05, 0.1) is 11.5 Å². The van der Waals surface area contributed by atoms with Crippen molar-refractivity contribution < 1.29 is 27.6 Å². The van der Waals surface area contributed by atoms with Crippen molar-refractivity contribution in [2.45, 2.75) is 112 Å². The Morgan fingerprint density at radius 2 is 1.56 bits per heavy atom. The Hall–Kier alpha value is -1.91. The predicted molar refractivity (Wildman–Crippen MR) is 148 cm³/mol. The molecule has 1 amide bonds. The summed E-state index contributed by atoms with van der Waals surface area (Å²) in [6, 6.07) is 2.28. The van der Waals surface area contributed by atoms with Crippen LogP contribution in [-0.2, 0) is 14.4 Å². The molecule has 5 saturated carbocycles. The number of nitriles is 1. The first-order valence-corrected chi connectivity index (χ1v) is 15.5. The second-order valence-corrected chi connectivity index (χ2v) is 16.5. The van der Waals surface area contributed by atoms with E-state index in [0.717, 1.165) is 19.3 Å².